The molecule has 0 fully saturated rings. The van der Waals surface area contributed by atoms with Gasteiger partial charge in [-0.3, -0.25) is 0 Å². The van der Waals surface area contributed by atoms with E-state index < -0.39 is 0 Å². The van der Waals surface area contributed by atoms with Crippen LogP contribution in [0.1, 0.15) is 5.56 Å². The molecule has 0 N–H and O–H groups in total. The van der Waals surface area contributed by atoms with Crippen molar-refractivity contribution in [1.29, 1.82) is 0 Å². The number of halogens is 1. The van der Waals surface area contributed by atoms with Crippen LogP contribution in [0.15, 0.2) is 73.1 Å². The van der Waals surface area contributed by atoms with Crippen molar-refractivity contribution >= 4 is 28.2 Å². The van der Waals surface area contributed by atoms with E-state index in [0.717, 1.165) is 11.6 Å². The van der Waals surface area contributed by atoms with Gasteiger partial charge in [0, 0.05) is 22.8 Å². The van der Waals surface area contributed by atoms with Gasteiger partial charge in [-0.1, -0.05) is 35.9 Å². The monoisotopic (exact) mass is 293 g/mol. The molecule has 4 rings (SSSR count). The quantitative estimate of drug-likeness (QED) is 0.492. The number of fused-ring (bicyclic) bond motifs is 3. The summed E-state index contributed by atoms with van der Waals surface area (Å²) >= 11 is 5.96. The molecule has 0 aliphatic carbocycles. The zero-order chi connectivity index (χ0) is 14.2. The van der Waals surface area contributed by atoms with Crippen molar-refractivity contribution in [2.24, 2.45) is 0 Å². The molecule has 21 heavy (non-hydrogen) atoms. The normalized spacial score (nSPS) is 11.3. The largest absolute Gasteiger partial charge is 0.306 e. The predicted octanol–water partition coefficient (Wildman–Crippen LogP) is 4.08. The fraction of sp³-hybridized carbons (Fsp3) is 0.0556. The van der Waals surface area contributed by atoms with Gasteiger partial charge in [0.05, 0.1) is 0 Å². The van der Waals surface area contributed by atoms with E-state index in [1.807, 2.05) is 12.1 Å². The number of benzene rings is 2. The number of nitrogens with zero attached hydrogens (tertiary/aromatic N) is 2. The molecule has 3 heteroatoms. The molecule has 0 saturated heterocycles. The van der Waals surface area contributed by atoms with Gasteiger partial charge in [-0.2, -0.15) is 4.57 Å². The third-order valence-electron chi connectivity index (χ3n) is 3.79. The van der Waals surface area contributed by atoms with E-state index in [-0.39, 0.29) is 0 Å². The zero-order valence-electron chi connectivity index (χ0n) is 11.4. The zero-order valence-corrected chi connectivity index (χ0v) is 12.2. The first-order valence-corrected chi connectivity index (χ1v) is 7.32. The number of para-hydroxylation sites is 2. The Hall–Kier alpha value is -2.32. The highest BCUT2D eigenvalue weighted by atomic mass is 35.5. The molecule has 102 valence electrons. The minimum Gasteiger partial charge on any atom is -0.306 e. The minimum atomic E-state index is 0.774. The highest BCUT2D eigenvalue weighted by molar-refractivity contribution is 6.30. The first kappa shape index (κ1) is 12.4. The lowest BCUT2D eigenvalue weighted by molar-refractivity contribution is -0.661. The Balaban J connectivity index is 1.91. The van der Waals surface area contributed by atoms with Crippen LogP contribution in [0.5, 0.6) is 0 Å². The van der Waals surface area contributed by atoms with Crippen LogP contribution in [0.4, 0.5) is 0 Å². The van der Waals surface area contributed by atoms with Crippen LogP contribution < -0.4 is 4.57 Å². The summed E-state index contributed by atoms with van der Waals surface area (Å²) in [4.78, 5) is 0. The smallest absolute Gasteiger partial charge is 0.229 e. The fourth-order valence-electron chi connectivity index (χ4n) is 2.78. The molecule has 2 nitrogen and oxygen atoms in total. The van der Waals surface area contributed by atoms with E-state index in [2.05, 4.69) is 69.9 Å². The molecule has 2 aromatic heterocycles. The maximum atomic E-state index is 5.96. The van der Waals surface area contributed by atoms with Gasteiger partial charge in [0.1, 0.15) is 11.0 Å². The summed E-state index contributed by atoms with van der Waals surface area (Å²) in [7, 11) is 0. The van der Waals surface area contributed by atoms with Gasteiger partial charge in [0.2, 0.25) is 5.52 Å². The van der Waals surface area contributed by atoms with Crippen molar-refractivity contribution in [2.75, 3.05) is 0 Å². The van der Waals surface area contributed by atoms with Crippen molar-refractivity contribution < 1.29 is 4.57 Å². The fourth-order valence-corrected chi connectivity index (χ4v) is 2.90. The average molecular weight is 294 g/mol. The van der Waals surface area contributed by atoms with Crippen molar-refractivity contribution in [3.8, 4) is 0 Å². The second-order valence-corrected chi connectivity index (χ2v) is 5.61. The lowest BCUT2D eigenvalue weighted by Crippen LogP contribution is -2.35. The van der Waals surface area contributed by atoms with E-state index >= 15 is 0 Å². The lowest BCUT2D eigenvalue weighted by Gasteiger charge is -2.05. The van der Waals surface area contributed by atoms with E-state index in [1.54, 1.807) is 0 Å². The second kappa shape index (κ2) is 4.90. The number of hydrogen-bond acceptors (Lipinski definition) is 0. The SMILES string of the molecule is Clc1ccc(C[n+]2cc3cccn3c3ccccc32)cc1. The standard InChI is InChI=1S/C18H14ClN2/c19-15-9-7-14(8-10-15)12-20-13-16-4-3-11-21(16)18-6-2-1-5-17(18)20/h1-11,13H,12H2/q+1. The Bertz CT molecular complexity index is 923. The summed E-state index contributed by atoms with van der Waals surface area (Å²) in [5.74, 6) is 0. The summed E-state index contributed by atoms with van der Waals surface area (Å²) in [6.45, 7) is 0.833. The van der Waals surface area contributed by atoms with E-state index in [9.17, 15) is 0 Å². The summed E-state index contributed by atoms with van der Waals surface area (Å²) in [5.41, 5.74) is 4.87. The molecular weight excluding hydrogens is 280 g/mol. The first-order valence-electron chi connectivity index (χ1n) is 6.94. The molecule has 0 aliphatic heterocycles. The van der Waals surface area contributed by atoms with Crippen LogP contribution >= 0.6 is 11.6 Å². The predicted molar refractivity (Wildman–Crippen MR) is 85.7 cm³/mol. The third-order valence-corrected chi connectivity index (χ3v) is 4.04. The van der Waals surface area contributed by atoms with Crippen LogP contribution in [-0.2, 0) is 6.54 Å². The van der Waals surface area contributed by atoms with Gasteiger partial charge in [-0.15, -0.1) is 0 Å². The first-order chi connectivity index (χ1) is 10.3. The van der Waals surface area contributed by atoms with Crippen LogP contribution in [0.3, 0.4) is 0 Å². The van der Waals surface area contributed by atoms with Crippen LogP contribution in [0.2, 0.25) is 5.02 Å². The molecule has 2 heterocycles. The summed E-state index contributed by atoms with van der Waals surface area (Å²) in [5, 5.41) is 0.774. The van der Waals surface area contributed by atoms with Crippen molar-refractivity contribution in [2.45, 2.75) is 6.54 Å². The Kier molecular flexibility index (Phi) is 2.90. The average Bonchev–Trinajstić information content (AvgIpc) is 2.98. The highest BCUT2D eigenvalue weighted by Crippen LogP contribution is 2.15. The topological polar surface area (TPSA) is 8.29 Å². The molecule has 2 aromatic carbocycles. The Labute approximate surface area is 127 Å². The summed E-state index contributed by atoms with van der Waals surface area (Å²) < 4.78 is 4.50. The summed E-state index contributed by atoms with van der Waals surface area (Å²) in [6.07, 6.45) is 4.29. The minimum absolute atomic E-state index is 0.774. The van der Waals surface area contributed by atoms with Gasteiger partial charge in [-0.05, 0) is 30.3 Å². The Morgan fingerprint density at radius 2 is 1.71 bits per heavy atom. The molecule has 0 spiro atoms. The lowest BCUT2D eigenvalue weighted by atomic mass is 10.2. The van der Waals surface area contributed by atoms with Crippen LogP contribution in [0, 0.1) is 0 Å². The van der Waals surface area contributed by atoms with Gasteiger partial charge in [0.15, 0.2) is 12.7 Å². The molecular formula is C18H14ClN2+. The third kappa shape index (κ3) is 2.18. The van der Waals surface area contributed by atoms with E-state index in [4.69, 9.17) is 11.6 Å². The number of aromatic nitrogens is 2. The van der Waals surface area contributed by atoms with Gasteiger partial charge < -0.3 is 4.40 Å². The molecule has 0 unspecified atom stereocenters. The molecule has 0 amide bonds. The Morgan fingerprint density at radius 1 is 0.905 bits per heavy atom. The molecule has 0 saturated carbocycles. The van der Waals surface area contributed by atoms with Gasteiger partial charge in [0.25, 0.3) is 0 Å². The van der Waals surface area contributed by atoms with Crippen molar-refractivity contribution in [1.82, 2.24) is 4.40 Å². The summed E-state index contributed by atoms with van der Waals surface area (Å²) in [6, 6.07) is 20.7. The van der Waals surface area contributed by atoms with E-state index in [0.29, 0.717) is 0 Å². The number of rotatable bonds is 2. The Morgan fingerprint density at radius 3 is 2.57 bits per heavy atom. The van der Waals surface area contributed by atoms with Crippen molar-refractivity contribution in [3.63, 3.8) is 0 Å². The maximum absolute atomic E-state index is 5.96. The molecule has 0 aliphatic rings. The molecule has 0 atom stereocenters. The van der Waals surface area contributed by atoms with Crippen LogP contribution in [0.25, 0.3) is 16.6 Å². The van der Waals surface area contributed by atoms with Gasteiger partial charge >= 0.3 is 0 Å². The second-order valence-electron chi connectivity index (χ2n) is 5.18. The van der Waals surface area contributed by atoms with Crippen molar-refractivity contribution in [3.05, 3.63) is 83.6 Å². The molecule has 0 radical (unpaired) electrons. The highest BCUT2D eigenvalue weighted by Gasteiger charge is 2.13. The van der Waals surface area contributed by atoms with Crippen LogP contribution in [-0.4, -0.2) is 4.40 Å². The number of hydrogen-bond donors (Lipinski definition) is 0. The van der Waals surface area contributed by atoms with E-state index in [1.165, 1.54) is 22.1 Å². The molecule has 4 aromatic rings. The maximum Gasteiger partial charge on any atom is 0.229 e. The molecule has 0 bridgehead atoms. The van der Waals surface area contributed by atoms with Gasteiger partial charge in [-0.25, -0.2) is 0 Å².